The van der Waals surface area contributed by atoms with Gasteiger partial charge in [0.05, 0.1) is 26.7 Å². The fourth-order valence-corrected chi connectivity index (χ4v) is 3.85. The number of aromatic nitrogens is 1. The molecule has 2 heterocycles. The van der Waals surface area contributed by atoms with Crippen molar-refractivity contribution in [2.24, 2.45) is 0 Å². The molecule has 0 aliphatic heterocycles. The van der Waals surface area contributed by atoms with Crippen LogP contribution in [-0.2, 0) is 11.2 Å². The van der Waals surface area contributed by atoms with E-state index in [0.717, 1.165) is 12.0 Å². The lowest BCUT2D eigenvalue weighted by atomic mass is 10.1. The number of carbonyl (C=O) groups is 1. The first kappa shape index (κ1) is 19.0. The summed E-state index contributed by atoms with van der Waals surface area (Å²) in [5, 5.41) is 5.07. The number of thiophene rings is 1. The maximum Gasteiger partial charge on any atom is 0.222 e. The molecule has 0 aliphatic carbocycles. The van der Waals surface area contributed by atoms with Crippen molar-refractivity contribution in [2.75, 3.05) is 20.8 Å². The minimum absolute atomic E-state index is 0.0288. The Kier molecular flexibility index (Phi) is 6.54. The van der Waals surface area contributed by atoms with E-state index in [9.17, 15) is 4.79 Å². The van der Waals surface area contributed by atoms with Gasteiger partial charge in [-0.25, -0.2) is 0 Å². The van der Waals surface area contributed by atoms with Gasteiger partial charge in [-0.1, -0.05) is 12.1 Å². The second kappa shape index (κ2) is 9.28. The monoisotopic (exact) mass is 384 g/mol. The number of rotatable bonds is 9. The molecule has 0 bridgehead atoms. The minimum Gasteiger partial charge on any atom is -0.493 e. The molecule has 1 N–H and O–H groups in total. The van der Waals surface area contributed by atoms with E-state index in [1.807, 2.05) is 54.2 Å². The lowest BCUT2D eigenvalue weighted by molar-refractivity contribution is -0.121. The van der Waals surface area contributed by atoms with Crippen LogP contribution in [0.2, 0.25) is 0 Å². The van der Waals surface area contributed by atoms with Gasteiger partial charge in [-0.05, 0) is 47.7 Å². The maximum atomic E-state index is 12.5. The second-order valence-electron chi connectivity index (χ2n) is 6.15. The van der Waals surface area contributed by atoms with Gasteiger partial charge >= 0.3 is 0 Å². The molecule has 1 unspecified atom stereocenters. The molecule has 1 atom stereocenters. The van der Waals surface area contributed by atoms with Crippen molar-refractivity contribution >= 4 is 17.2 Å². The van der Waals surface area contributed by atoms with E-state index in [1.54, 1.807) is 25.6 Å². The molecule has 0 radical (unpaired) electrons. The van der Waals surface area contributed by atoms with Crippen LogP contribution in [0.5, 0.6) is 11.5 Å². The van der Waals surface area contributed by atoms with Crippen LogP contribution in [0.1, 0.15) is 22.9 Å². The predicted molar refractivity (Wildman–Crippen MR) is 108 cm³/mol. The zero-order chi connectivity index (χ0) is 19.1. The number of ether oxygens (including phenoxy) is 2. The quantitative estimate of drug-likeness (QED) is 0.609. The van der Waals surface area contributed by atoms with Gasteiger partial charge < -0.3 is 19.4 Å². The normalized spacial score (nSPS) is 11.8. The molecule has 1 amide bonds. The molecule has 0 spiro atoms. The highest BCUT2D eigenvalue weighted by molar-refractivity contribution is 7.10. The highest BCUT2D eigenvalue weighted by Gasteiger charge is 2.18. The molecule has 6 heteroatoms. The summed E-state index contributed by atoms with van der Waals surface area (Å²) in [5.41, 5.74) is 1.09. The number of nitrogens with one attached hydrogen (secondary N) is 1. The summed E-state index contributed by atoms with van der Waals surface area (Å²) in [6, 6.07) is 13.9. The smallest absolute Gasteiger partial charge is 0.222 e. The zero-order valence-corrected chi connectivity index (χ0v) is 16.4. The number of methoxy groups -OCH3 is 2. The summed E-state index contributed by atoms with van der Waals surface area (Å²) in [6.45, 7) is 0.581. The molecule has 27 heavy (non-hydrogen) atoms. The van der Waals surface area contributed by atoms with Crippen molar-refractivity contribution in [1.29, 1.82) is 0 Å². The Morgan fingerprint density at radius 1 is 1.11 bits per heavy atom. The molecule has 5 nitrogen and oxygen atoms in total. The van der Waals surface area contributed by atoms with Crippen LogP contribution in [0.25, 0.3) is 0 Å². The number of amides is 1. The second-order valence-corrected chi connectivity index (χ2v) is 7.13. The zero-order valence-electron chi connectivity index (χ0n) is 15.6. The lowest BCUT2D eigenvalue weighted by Crippen LogP contribution is -2.28. The number of hydrogen-bond acceptors (Lipinski definition) is 4. The largest absolute Gasteiger partial charge is 0.493 e. The first-order valence-electron chi connectivity index (χ1n) is 8.84. The van der Waals surface area contributed by atoms with Gasteiger partial charge in [-0.3, -0.25) is 4.79 Å². The Balaban J connectivity index is 1.56. The number of carbonyl (C=O) groups excluding carboxylic acids is 1. The van der Waals surface area contributed by atoms with Gasteiger partial charge in [-0.2, -0.15) is 0 Å². The molecular formula is C21H24N2O3S. The van der Waals surface area contributed by atoms with Gasteiger partial charge in [0.2, 0.25) is 5.91 Å². The van der Waals surface area contributed by atoms with Crippen molar-refractivity contribution in [3.05, 3.63) is 70.7 Å². The Hall–Kier alpha value is -2.73. The number of benzene rings is 1. The standard InChI is InChI=1S/C21H24N2O3S/c1-25-18-8-7-16(14-19(18)26-2)9-10-22-21(24)15-17(20-6-5-13-27-20)23-11-3-4-12-23/h3-8,11-14,17H,9-10,15H2,1-2H3,(H,22,24). The average molecular weight is 385 g/mol. The molecule has 0 fully saturated rings. The molecule has 0 saturated heterocycles. The fraction of sp³-hybridized carbons (Fsp3) is 0.286. The number of hydrogen-bond donors (Lipinski definition) is 1. The Labute approximate surface area is 163 Å². The predicted octanol–water partition coefficient (Wildman–Crippen LogP) is 3.91. The van der Waals surface area contributed by atoms with Crippen molar-refractivity contribution in [3.8, 4) is 11.5 Å². The van der Waals surface area contributed by atoms with Crippen LogP contribution in [0.4, 0.5) is 0 Å². The van der Waals surface area contributed by atoms with Crippen molar-refractivity contribution in [1.82, 2.24) is 9.88 Å². The van der Waals surface area contributed by atoms with Crippen LogP contribution < -0.4 is 14.8 Å². The third kappa shape index (κ3) is 4.92. The Bertz CT molecular complexity index is 810. The summed E-state index contributed by atoms with van der Waals surface area (Å²) in [4.78, 5) is 13.7. The first-order valence-corrected chi connectivity index (χ1v) is 9.72. The highest BCUT2D eigenvalue weighted by atomic mass is 32.1. The van der Waals surface area contributed by atoms with Crippen molar-refractivity contribution in [2.45, 2.75) is 18.9 Å². The van der Waals surface area contributed by atoms with Gasteiger partial charge in [0.15, 0.2) is 11.5 Å². The third-order valence-corrected chi connectivity index (χ3v) is 5.40. The molecule has 142 valence electrons. The van der Waals surface area contributed by atoms with Crippen molar-refractivity contribution < 1.29 is 14.3 Å². The van der Waals surface area contributed by atoms with E-state index in [0.29, 0.717) is 24.5 Å². The van der Waals surface area contributed by atoms with Crippen LogP contribution in [0.3, 0.4) is 0 Å². The van der Waals surface area contributed by atoms with E-state index in [2.05, 4.69) is 16.0 Å². The van der Waals surface area contributed by atoms with E-state index in [-0.39, 0.29) is 11.9 Å². The van der Waals surface area contributed by atoms with E-state index in [4.69, 9.17) is 9.47 Å². The molecule has 0 aliphatic rings. The molecule has 3 aromatic rings. The summed E-state index contributed by atoms with van der Waals surface area (Å²) in [5.74, 6) is 1.45. The lowest BCUT2D eigenvalue weighted by Gasteiger charge is -2.17. The Morgan fingerprint density at radius 2 is 1.89 bits per heavy atom. The maximum absolute atomic E-state index is 12.5. The summed E-state index contributed by atoms with van der Waals surface area (Å²) in [7, 11) is 3.24. The first-order chi connectivity index (χ1) is 13.2. The molecule has 2 aromatic heterocycles. The van der Waals surface area contributed by atoms with Gasteiger partial charge in [0.1, 0.15) is 0 Å². The molecule has 0 saturated carbocycles. The minimum atomic E-state index is 0.0288. The number of nitrogens with zero attached hydrogens (tertiary/aromatic N) is 1. The summed E-state index contributed by atoms with van der Waals surface area (Å²) < 4.78 is 12.7. The van der Waals surface area contributed by atoms with Crippen LogP contribution in [0, 0.1) is 0 Å². The van der Waals surface area contributed by atoms with Gasteiger partial charge in [0, 0.05) is 23.8 Å². The van der Waals surface area contributed by atoms with Crippen LogP contribution in [-0.4, -0.2) is 31.2 Å². The Morgan fingerprint density at radius 3 is 2.56 bits per heavy atom. The highest BCUT2D eigenvalue weighted by Crippen LogP contribution is 2.28. The summed E-state index contributed by atoms with van der Waals surface area (Å²) in [6.07, 6.45) is 5.16. The topological polar surface area (TPSA) is 52.5 Å². The van der Waals surface area contributed by atoms with E-state index in [1.165, 1.54) is 4.88 Å². The SMILES string of the molecule is COc1ccc(CCNC(=O)CC(c2cccs2)n2cccc2)cc1OC. The summed E-state index contributed by atoms with van der Waals surface area (Å²) >= 11 is 1.67. The molecular weight excluding hydrogens is 360 g/mol. The van der Waals surface area contributed by atoms with Crippen LogP contribution >= 0.6 is 11.3 Å². The van der Waals surface area contributed by atoms with Crippen LogP contribution in [0.15, 0.2) is 60.2 Å². The molecule has 1 aromatic carbocycles. The molecule has 3 rings (SSSR count). The third-order valence-electron chi connectivity index (χ3n) is 4.42. The fourth-order valence-electron chi connectivity index (χ4n) is 3.02. The van der Waals surface area contributed by atoms with Gasteiger partial charge in [0.25, 0.3) is 0 Å². The average Bonchev–Trinajstić information content (AvgIpc) is 3.40. The van der Waals surface area contributed by atoms with E-state index >= 15 is 0 Å². The van der Waals surface area contributed by atoms with Gasteiger partial charge in [-0.15, -0.1) is 11.3 Å². The van der Waals surface area contributed by atoms with Crippen molar-refractivity contribution in [3.63, 3.8) is 0 Å². The van der Waals surface area contributed by atoms with E-state index < -0.39 is 0 Å².